The summed E-state index contributed by atoms with van der Waals surface area (Å²) in [6, 6.07) is 0.382. The maximum Gasteiger partial charge on any atom is 0.185 e. The number of halogens is 1. The highest BCUT2D eigenvalue weighted by molar-refractivity contribution is 7.15. The fourth-order valence-electron chi connectivity index (χ4n) is 1.69. The lowest BCUT2D eigenvalue weighted by molar-refractivity contribution is 0.0284. The number of rotatable bonds is 2. The molecule has 0 amide bonds. The first-order valence-electron chi connectivity index (χ1n) is 5.11. The molecule has 5 heteroatoms. The van der Waals surface area contributed by atoms with E-state index < -0.39 is 0 Å². The Balaban J connectivity index is 2.14. The minimum absolute atomic E-state index is 0.266. The minimum atomic E-state index is 0.266. The Hall–Kier alpha value is -0.320. The van der Waals surface area contributed by atoms with Crippen LogP contribution in [-0.4, -0.2) is 30.3 Å². The maximum atomic E-state index is 5.77. The van der Waals surface area contributed by atoms with Crippen molar-refractivity contribution < 1.29 is 4.74 Å². The smallest absolute Gasteiger partial charge is 0.185 e. The average molecular weight is 247 g/mol. The van der Waals surface area contributed by atoms with Gasteiger partial charge in [-0.3, -0.25) is 0 Å². The van der Waals surface area contributed by atoms with Crippen molar-refractivity contribution in [1.82, 2.24) is 4.98 Å². The molecule has 0 bridgehead atoms. The van der Waals surface area contributed by atoms with Crippen LogP contribution in [0.15, 0.2) is 6.20 Å². The van der Waals surface area contributed by atoms with Gasteiger partial charge in [0.25, 0.3) is 0 Å². The van der Waals surface area contributed by atoms with Gasteiger partial charge in [0, 0.05) is 17.6 Å². The van der Waals surface area contributed by atoms with Crippen molar-refractivity contribution in [2.24, 2.45) is 0 Å². The van der Waals surface area contributed by atoms with Gasteiger partial charge < -0.3 is 9.64 Å². The summed E-state index contributed by atoms with van der Waals surface area (Å²) in [5.41, 5.74) is 0. The third kappa shape index (κ3) is 2.27. The SMILES string of the molecule is CC1OCCN(c2ncc(CCl)s2)C1C. The van der Waals surface area contributed by atoms with Gasteiger partial charge in [-0.05, 0) is 13.8 Å². The van der Waals surface area contributed by atoms with Crippen LogP contribution in [0.5, 0.6) is 0 Å². The number of anilines is 1. The van der Waals surface area contributed by atoms with E-state index in [9.17, 15) is 0 Å². The van der Waals surface area contributed by atoms with Crippen LogP contribution in [0.1, 0.15) is 18.7 Å². The molecule has 2 unspecified atom stereocenters. The van der Waals surface area contributed by atoms with Crippen LogP contribution >= 0.6 is 22.9 Å². The van der Waals surface area contributed by atoms with Gasteiger partial charge in [-0.15, -0.1) is 22.9 Å². The second kappa shape index (κ2) is 4.68. The van der Waals surface area contributed by atoms with Gasteiger partial charge in [0.05, 0.1) is 24.6 Å². The fourth-order valence-corrected chi connectivity index (χ4v) is 2.80. The Bertz CT molecular complexity index is 331. The van der Waals surface area contributed by atoms with Gasteiger partial charge in [-0.25, -0.2) is 4.98 Å². The molecule has 2 atom stereocenters. The van der Waals surface area contributed by atoms with Crippen molar-refractivity contribution in [3.63, 3.8) is 0 Å². The molecule has 15 heavy (non-hydrogen) atoms. The molecule has 0 N–H and O–H groups in total. The Morgan fingerprint density at radius 2 is 2.47 bits per heavy atom. The van der Waals surface area contributed by atoms with E-state index >= 15 is 0 Å². The van der Waals surface area contributed by atoms with Crippen molar-refractivity contribution >= 4 is 28.1 Å². The second-order valence-corrected chi connectivity index (χ2v) is 5.11. The predicted octanol–water partition coefficient (Wildman–Crippen LogP) is 2.50. The van der Waals surface area contributed by atoms with E-state index in [2.05, 4.69) is 23.7 Å². The molecule has 0 spiro atoms. The first kappa shape index (κ1) is 11.2. The number of aromatic nitrogens is 1. The molecule has 1 saturated heterocycles. The summed E-state index contributed by atoms with van der Waals surface area (Å²) in [6.45, 7) is 5.97. The summed E-state index contributed by atoms with van der Waals surface area (Å²) in [5, 5.41) is 1.06. The molecule has 1 aliphatic heterocycles. The summed E-state index contributed by atoms with van der Waals surface area (Å²) in [7, 11) is 0. The third-order valence-corrected chi connectivity index (χ3v) is 4.28. The number of thiazole rings is 1. The molecule has 3 nitrogen and oxygen atoms in total. The summed E-state index contributed by atoms with van der Waals surface area (Å²) >= 11 is 7.44. The third-order valence-electron chi connectivity index (χ3n) is 2.80. The van der Waals surface area contributed by atoms with E-state index in [0.29, 0.717) is 11.9 Å². The lowest BCUT2D eigenvalue weighted by Gasteiger charge is -2.37. The Labute approximate surface area is 99.0 Å². The van der Waals surface area contributed by atoms with Crippen molar-refractivity contribution in [3.05, 3.63) is 11.1 Å². The standard InChI is InChI=1S/C10H15ClN2OS/c1-7-8(2)14-4-3-13(7)10-12-6-9(5-11)15-10/h6-8H,3-5H2,1-2H3. The van der Waals surface area contributed by atoms with Crippen molar-refractivity contribution in [3.8, 4) is 0 Å². The van der Waals surface area contributed by atoms with Crippen molar-refractivity contribution in [1.29, 1.82) is 0 Å². The second-order valence-electron chi connectivity index (χ2n) is 3.75. The molecule has 2 heterocycles. The number of hydrogen-bond donors (Lipinski definition) is 0. The maximum absolute atomic E-state index is 5.77. The molecule has 1 aliphatic rings. The van der Waals surface area contributed by atoms with E-state index in [0.717, 1.165) is 23.2 Å². The topological polar surface area (TPSA) is 25.4 Å². The molecule has 2 rings (SSSR count). The fraction of sp³-hybridized carbons (Fsp3) is 0.700. The Kier molecular flexibility index (Phi) is 3.49. The first-order valence-corrected chi connectivity index (χ1v) is 6.46. The van der Waals surface area contributed by atoms with Crippen LogP contribution in [0, 0.1) is 0 Å². The van der Waals surface area contributed by atoms with Crippen LogP contribution in [0.4, 0.5) is 5.13 Å². The highest BCUT2D eigenvalue weighted by Crippen LogP contribution is 2.28. The monoisotopic (exact) mass is 246 g/mol. The summed E-state index contributed by atoms with van der Waals surface area (Å²) in [6.07, 6.45) is 2.13. The Morgan fingerprint density at radius 1 is 1.67 bits per heavy atom. The highest BCUT2D eigenvalue weighted by Gasteiger charge is 2.27. The molecule has 0 saturated carbocycles. The van der Waals surface area contributed by atoms with Crippen LogP contribution < -0.4 is 4.90 Å². The summed E-state index contributed by atoms with van der Waals surface area (Å²) in [5.74, 6) is 0.548. The van der Waals surface area contributed by atoms with Gasteiger partial charge in [0.15, 0.2) is 5.13 Å². The number of morpholine rings is 1. The molecule has 1 fully saturated rings. The predicted molar refractivity (Wildman–Crippen MR) is 63.9 cm³/mol. The zero-order valence-corrected chi connectivity index (χ0v) is 10.5. The molecular formula is C10H15ClN2OS. The normalized spacial score (nSPS) is 27.0. The van der Waals surface area contributed by atoms with E-state index in [1.54, 1.807) is 11.3 Å². The number of ether oxygens (including phenoxy) is 1. The Morgan fingerprint density at radius 3 is 3.13 bits per heavy atom. The van der Waals surface area contributed by atoms with Crippen LogP contribution in [0.25, 0.3) is 0 Å². The molecule has 0 radical (unpaired) electrons. The average Bonchev–Trinajstić information content (AvgIpc) is 2.70. The number of hydrogen-bond acceptors (Lipinski definition) is 4. The molecule has 1 aromatic heterocycles. The molecule has 84 valence electrons. The highest BCUT2D eigenvalue weighted by atomic mass is 35.5. The lowest BCUT2D eigenvalue weighted by atomic mass is 10.1. The number of alkyl halides is 1. The summed E-state index contributed by atoms with van der Waals surface area (Å²) in [4.78, 5) is 7.82. The number of nitrogens with zero attached hydrogens (tertiary/aromatic N) is 2. The van der Waals surface area contributed by atoms with E-state index in [1.807, 2.05) is 6.20 Å². The van der Waals surface area contributed by atoms with Gasteiger partial charge >= 0.3 is 0 Å². The van der Waals surface area contributed by atoms with Crippen LogP contribution in [0.3, 0.4) is 0 Å². The zero-order chi connectivity index (χ0) is 10.8. The lowest BCUT2D eigenvalue weighted by Crippen LogP contribution is -2.48. The quantitative estimate of drug-likeness (QED) is 0.750. The minimum Gasteiger partial charge on any atom is -0.375 e. The molecule has 0 aliphatic carbocycles. The van der Waals surface area contributed by atoms with Crippen LogP contribution in [0.2, 0.25) is 0 Å². The van der Waals surface area contributed by atoms with Crippen molar-refractivity contribution in [2.75, 3.05) is 18.1 Å². The van der Waals surface area contributed by atoms with Gasteiger partial charge in [-0.2, -0.15) is 0 Å². The molecule has 0 aromatic carbocycles. The van der Waals surface area contributed by atoms with Gasteiger partial charge in [0.1, 0.15) is 0 Å². The van der Waals surface area contributed by atoms with Gasteiger partial charge in [-0.1, -0.05) is 0 Å². The zero-order valence-electron chi connectivity index (χ0n) is 8.94. The molecular weight excluding hydrogens is 232 g/mol. The summed E-state index contributed by atoms with van der Waals surface area (Å²) < 4.78 is 5.58. The van der Waals surface area contributed by atoms with Crippen molar-refractivity contribution in [2.45, 2.75) is 31.9 Å². The molecule has 1 aromatic rings. The first-order chi connectivity index (χ1) is 7.22. The van der Waals surface area contributed by atoms with E-state index in [1.165, 1.54) is 0 Å². The van der Waals surface area contributed by atoms with E-state index in [-0.39, 0.29) is 6.10 Å². The van der Waals surface area contributed by atoms with Crippen LogP contribution in [-0.2, 0) is 10.6 Å². The largest absolute Gasteiger partial charge is 0.375 e. The van der Waals surface area contributed by atoms with Gasteiger partial charge in [0.2, 0.25) is 0 Å². The van der Waals surface area contributed by atoms with E-state index in [4.69, 9.17) is 16.3 Å².